The van der Waals surface area contributed by atoms with E-state index in [0.29, 0.717) is 12.2 Å². The van der Waals surface area contributed by atoms with Gasteiger partial charge in [0, 0.05) is 12.4 Å². The maximum Gasteiger partial charge on any atom is 0.411 e. The fraction of sp³-hybridized carbons (Fsp3) is 0.636. The molecule has 0 aliphatic heterocycles. The molecule has 0 bridgehead atoms. The Morgan fingerprint density at radius 3 is 2.72 bits per heavy atom. The van der Waals surface area contributed by atoms with Crippen molar-refractivity contribution in [1.29, 1.82) is 0 Å². The van der Waals surface area contributed by atoms with Crippen LogP contribution in [0.25, 0.3) is 0 Å². The van der Waals surface area contributed by atoms with Gasteiger partial charge < -0.3 is 10.1 Å². The standard InChI is InChI=1S/C11H16F3N3O/c1-2-3-16-10(7-18-8-11(12,13)14)9-6-15-4-5-17-9/h4-6,10,16H,2-3,7-8H2,1H3. The Kier molecular flexibility index (Phi) is 6.00. The molecule has 1 rings (SSSR count). The van der Waals surface area contributed by atoms with Gasteiger partial charge in [-0.3, -0.25) is 9.97 Å². The molecule has 1 aromatic heterocycles. The van der Waals surface area contributed by atoms with Gasteiger partial charge in [0.1, 0.15) is 6.61 Å². The second kappa shape index (κ2) is 7.27. The van der Waals surface area contributed by atoms with Gasteiger partial charge in [0.15, 0.2) is 0 Å². The summed E-state index contributed by atoms with van der Waals surface area (Å²) >= 11 is 0. The van der Waals surface area contributed by atoms with E-state index >= 15 is 0 Å². The number of nitrogens with one attached hydrogen (secondary N) is 1. The van der Waals surface area contributed by atoms with Crippen LogP contribution in [0.3, 0.4) is 0 Å². The molecule has 1 aromatic rings. The zero-order chi connectivity index (χ0) is 13.4. The van der Waals surface area contributed by atoms with Crippen molar-refractivity contribution in [3.8, 4) is 0 Å². The highest BCUT2D eigenvalue weighted by Gasteiger charge is 2.28. The van der Waals surface area contributed by atoms with Crippen LogP contribution in [-0.2, 0) is 4.74 Å². The molecular formula is C11H16F3N3O. The number of ether oxygens (including phenoxy) is 1. The van der Waals surface area contributed by atoms with Crippen LogP contribution in [0.2, 0.25) is 0 Å². The highest BCUT2D eigenvalue weighted by Crippen LogP contribution is 2.16. The van der Waals surface area contributed by atoms with Crippen molar-refractivity contribution in [2.24, 2.45) is 0 Å². The monoisotopic (exact) mass is 263 g/mol. The van der Waals surface area contributed by atoms with E-state index in [0.717, 1.165) is 6.42 Å². The van der Waals surface area contributed by atoms with Gasteiger partial charge in [0.2, 0.25) is 0 Å². The maximum atomic E-state index is 12.0. The first-order valence-corrected chi connectivity index (χ1v) is 5.66. The van der Waals surface area contributed by atoms with E-state index in [1.54, 1.807) is 0 Å². The van der Waals surface area contributed by atoms with E-state index < -0.39 is 12.8 Å². The van der Waals surface area contributed by atoms with Crippen molar-refractivity contribution >= 4 is 0 Å². The molecule has 1 atom stereocenters. The highest BCUT2D eigenvalue weighted by atomic mass is 19.4. The van der Waals surface area contributed by atoms with Gasteiger partial charge in [-0.1, -0.05) is 6.92 Å². The Labute approximate surface area is 104 Å². The molecule has 7 heteroatoms. The first kappa shape index (κ1) is 14.8. The molecule has 1 heterocycles. The number of rotatable bonds is 7. The second-order valence-electron chi connectivity index (χ2n) is 3.77. The maximum absolute atomic E-state index is 12.0. The molecule has 4 nitrogen and oxygen atoms in total. The third-order valence-corrected chi connectivity index (χ3v) is 2.13. The topological polar surface area (TPSA) is 47.0 Å². The van der Waals surface area contributed by atoms with Crippen LogP contribution in [0.15, 0.2) is 18.6 Å². The van der Waals surface area contributed by atoms with Crippen molar-refractivity contribution in [1.82, 2.24) is 15.3 Å². The van der Waals surface area contributed by atoms with E-state index in [2.05, 4.69) is 20.0 Å². The number of hydrogen-bond donors (Lipinski definition) is 1. The largest absolute Gasteiger partial charge is 0.411 e. The van der Waals surface area contributed by atoms with E-state index in [4.69, 9.17) is 0 Å². The smallest absolute Gasteiger partial charge is 0.370 e. The first-order chi connectivity index (χ1) is 8.53. The Balaban J connectivity index is 2.51. The molecule has 18 heavy (non-hydrogen) atoms. The molecule has 0 saturated heterocycles. The first-order valence-electron chi connectivity index (χ1n) is 5.66. The molecular weight excluding hydrogens is 247 g/mol. The average Bonchev–Trinajstić information content (AvgIpc) is 2.33. The molecule has 1 unspecified atom stereocenters. The van der Waals surface area contributed by atoms with Gasteiger partial charge in [0.05, 0.1) is 24.5 Å². The van der Waals surface area contributed by atoms with Crippen LogP contribution >= 0.6 is 0 Å². The molecule has 102 valence electrons. The minimum absolute atomic E-state index is 0.0851. The highest BCUT2D eigenvalue weighted by molar-refractivity contribution is 5.02. The predicted molar refractivity (Wildman–Crippen MR) is 59.9 cm³/mol. The summed E-state index contributed by atoms with van der Waals surface area (Å²) in [5.74, 6) is 0. The molecule has 0 fully saturated rings. The van der Waals surface area contributed by atoms with Gasteiger partial charge in [-0.2, -0.15) is 13.2 Å². The van der Waals surface area contributed by atoms with Gasteiger partial charge >= 0.3 is 6.18 Å². The summed E-state index contributed by atoms with van der Waals surface area (Å²) in [4.78, 5) is 7.95. The minimum Gasteiger partial charge on any atom is -0.370 e. The quantitative estimate of drug-likeness (QED) is 0.818. The average molecular weight is 263 g/mol. The molecule has 0 radical (unpaired) electrons. The minimum atomic E-state index is -4.31. The number of nitrogens with zero attached hydrogens (tertiary/aromatic N) is 2. The van der Waals surface area contributed by atoms with Crippen molar-refractivity contribution in [3.63, 3.8) is 0 Å². The number of hydrogen-bond acceptors (Lipinski definition) is 4. The van der Waals surface area contributed by atoms with Crippen molar-refractivity contribution in [2.75, 3.05) is 19.8 Å². The van der Waals surface area contributed by atoms with Crippen LogP contribution in [0, 0.1) is 0 Å². The zero-order valence-electron chi connectivity index (χ0n) is 10.1. The number of aromatic nitrogens is 2. The Morgan fingerprint density at radius 1 is 1.39 bits per heavy atom. The van der Waals surface area contributed by atoms with Gasteiger partial charge in [-0.05, 0) is 13.0 Å². The third kappa shape index (κ3) is 5.92. The van der Waals surface area contributed by atoms with Crippen LogP contribution < -0.4 is 5.32 Å². The van der Waals surface area contributed by atoms with Crippen LogP contribution in [0.5, 0.6) is 0 Å². The Hall–Kier alpha value is -1.21. The summed E-state index contributed by atoms with van der Waals surface area (Å²) in [6.45, 7) is 1.31. The second-order valence-corrected chi connectivity index (χ2v) is 3.77. The van der Waals surface area contributed by atoms with E-state index in [9.17, 15) is 13.2 Å². The SMILES string of the molecule is CCCNC(COCC(F)(F)F)c1cnccn1. The lowest BCUT2D eigenvalue weighted by Gasteiger charge is -2.18. The molecule has 0 saturated carbocycles. The number of alkyl halides is 3. The van der Waals surface area contributed by atoms with Crippen LogP contribution in [0.4, 0.5) is 13.2 Å². The molecule has 0 spiro atoms. The van der Waals surface area contributed by atoms with Crippen molar-refractivity contribution in [3.05, 3.63) is 24.3 Å². The Bertz CT molecular complexity index is 332. The summed E-state index contributed by atoms with van der Waals surface area (Å²) < 4.78 is 40.6. The Morgan fingerprint density at radius 2 is 2.17 bits per heavy atom. The van der Waals surface area contributed by atoms with E-state index in [1.807, 2.05) is 6.92 Å². The lowest BCUT2D eigenvalue weighted by Crippen LogP contribution is -2.29. The molecule has 0 aromatic carbocycles. The van der Waals surface area contributed by atoms with Crippen molar-refractivity contribution < 1.29 is 17.9 Å². The fourth-order valence-corrected chi connectivity index (χ4v) is 1.35. The van der Waals surface area contributed by atoms with Crippen LogP contribution in [0.1, 0.15) is 25.1 Å². The molecule has 0 aliphatic rings. The van der Waals surface area contributed by atoms with Gasteiger partial charge in [0.25, 0.3) is 0 Å². The summed E-state index contributed by atoms with van der Waals surface area (Å²) in [5, 5.41) is 3.08. The zero-order valence-corrected chi connectivity index (χ0v) is 10.1. The molecule has 0 amide bonds. The predicted octanol–water partition coefficient (Wildman–Crippen LogP) is 2.10. The third-order valence-electron chi connectivity index (χ3n) is 2.13. The lowest BCUT2D eigenvalue weighted by molar-refractivity contribution is -0.175. The summed E-state index contributed by atoms with van der Waals surface area (Å²) in [6, 6.07) is -0.374. The van der Waals surface area contributed by atoms with E-state index in [-0.39, 0.29) is 12.6 Å². The fourth-order valence-electron chi connectivity index (χ4n) is 1.35. The molecule has 1 N–H and O–H groups in total. The molecule has 0 aliphatic carbocycles. The van der Waals surface area contributed by atoms with Crippen molar-refractivity contribution in [2.45, 2.75) is 25.6 Å². The van der Waals surface area contributed by atoms with Gasteiger partial charge in [-0.25, -0.2) is 0 Å². The summed E-state index contributed by atoms with van der Waals surface area (Å²) in [5.41, 5.74) is 0.577. The summed E-state index contributed by atoms with van der Waals surface area (Å²) in [6.07, 6.45) is 1.09. The normalized spacial score (nSPS) is 13.6. The van der Waals surface area contributed by atoms with Crippen LogP contribution in [-0.4, -0.2) is 35.9 Å². The van der Waals surface area contributed by atoms with Gasteiger partial charge in [-0.15, -0.1) is 0 Å². The van der Waals surface area contributed by atoms with E-state index in [1.165, 1.54) is 18.6 Å². The lowest BCUT2D eigenvalue weighted by atomic mass is 10.2. The summed E-state index contributed by atoms with van der Waals surface area (Å²) in [7, 11) is 0. The number of halogens is 3.